The Hall–Kier alpha value is -0.160. The first-order valence-electron chi connectivity index (χ1n) is 7.75. The minimum absolute atomic E-state index is 0.175. The van der Waals surface area contributed by atoms with E-state index in [1.165, 1.54) is 44.9 Å². The third kappa shape index (κ3) is 14.1. The summed E-state index contributed by atoms with van der Waals surface area (Å²) in [5.41, 5.74) is 0. The van der Waals surface area contributed by atoms with Crippen molar-refractivity contribution in [1.29, 1.82) is 0 Å². The van der Waals surface area contributed by atoms with Crippen molar-refractivity contribution in [3.63, 3.8) is 0 Å². The lowest BCUT2D eigenvalue weighted by molar-refractivity contribution is -0.00670. The zero-order valence-electron chi connectivity index (χ0n) is 12.4. The van der Waals surface area contributed by atoms with Crippen LogP contribution in [0.3, 0.4) is 0 Å². The third-order valence-corrected chi connectivity index (χ3v) is 3.21. The molecule has 0 amide bonds. The fourth-order valence-electron chi connectivity index (χ4n) is 2.01. The molecule has 0 spiro atoms. The van der Waals surface area contributed by atoms with E-state index in [1.807, 2.05) is 0 Å². The van der Waals surface area contributed by atoms with E-state index < -0.39 is 12.2 Å². The third-order valence-electron chi connectivity index (χ3n) is 3.21. The van der Waals surface area contributed by atoms with Gasteiger partial charge in [-0.15, -0.1) is 0 Å². The van der Waals surface area contributed by atoms with Gasteiger partial charge in [-0.2, -0.15) is 0 Å². The summed E-state index contributed by atoms with van der Waals surface area (Å²) in [5, 5.41) is 27.2. The topological polar surface area (TPSA) is 69.9 Å². The van der Waals surface area contributed by atoms with Crippen LogP contribution < -0.4 is 0 Å². The van der Waals surface area contributed by atoms with E-state index in [2.05, 4.69) is 6.92 Å². The average molecular weight is 276 g/mol. The molecule has 0 aromatic carbocycles. The van der Waals surface area contributed by atoms with Crippen molar-refractivity contribution >= 4 is 0 Å². The predicted octanol–water partition coefficient (Wildman–Crippen LogP) is 2.25. The second kappa shape index (κ2) is 14.3. The Bertz CT molecular complexity index is 176. The highest BCUT2D eigenvalue weighted by Crippen LogP contribution is 2.08. The highest BCUT2D eigenvalue weighted by molar-refractivity contribution is 4.61. The van der Waals surface area contributed by atoms with Gasteiger partial charge in [0.05, 0.1) is 25.4 Å². The number of hydrogen-bond acceptors (Lipinski definition) is 4. The van der Waals surface area contributed by atoms with E-state index in [9.17, 15) is 5.11 Å². The summed E-state index contributed by atoms with van der Waals surface area (Å²) in [6.07, 6.45) is 8.77. The Kier molecular flexibility index (Phi) is 14.1. The van der Waals surface area contributed by atoms with Gasteiger partial charge in [-0.3, -0.25) is 0 Å². The first-order valence-corrected chi connectivity index (χ1v) is 7.75. The Balaban J connectivity index is 3.13. The molecule has 4 heteroatoms. The van der Waals surface area contributed by atoms with Gasteiger partial charge in [0.25, 0.3) is 0 Å². The molecule has 4 nitrogen and oxygen atoms in total. The maximum Gasteiger partial charge on any atom is 0.0799 e. The van der Waals surface area contributed by atoms with Gasteiger partial charge in [0, 0.05) is 13.0 Å². The van der Waals surface area contributed by atoms with E-state index in [0.29, 0.717) is 6.61 Å². The second-order valence-electron chi connectivity index (χ2n) is 5.28. The Morgan fingerprint density at radius 2 is 1.42 bits per heavy atom. The summed E-state index contributed by atoms with van der Waals surface area (Å²) < 4.78 is 5.34. The molecule has 2 atom stereocenters. The van der Waals surface area contributed by atoms with Crippen molar-refractivity contribution in [2.24, 2.45) is 0 Å². The highest BCUT2D eigenvalue weighted by Gasteiger charge is 2.10. The Labute approximate surface area is 117 Å². The number of aliphatic hydroxyl groups excluding tert-OH is 3. The molecule has 0 saturated carbocycles. The normalized spacial score (nSPS) is 14.5. The van der Waals surface area contributed by atoms with Gasteiger partial charge in [-0.05, 0) is 6.42 Å². The quantitative estimate of drug-likeness (QED) is 0.426. The molecule has 0 bridgehead atoms. The van der Waals surface area contributed by atoms with Crippen molar-refractivity contribution in [1.82, 2.24) is 0 Å². The van der Waals surface area contributed by atoms with Crippen LogP contribution in [0, 0.1) is 0 Å². The van der Waals surface area contributed by atoms with Crippen molar-refractivity contribution in [3.05, 3.63) is 0 Å². The lowest BCUT2D eigenvalue weighted by Crippen LogP contribution is -2.24. The maximum atomic E-state index is 9.48. The first kappa shape index (κ1) is 18.8. The molecule has 0 saturated heterocycles. The summed E-state index contributed by atoms with van der Waals surface area (Å²) in [7, 11) is 0. The molecule has 0 aliphatic rings. The van der Waals surface area contributed by atoms with Crippen LogP contribution in [0.2, 0.25) is 0 Å². The number of hydrogen-bond donors (Lipinski definition) is 3. The number of ether oxygens (including phenoxy) is 1. The van der Waals surface area contributed by atoms with Gasteiger partial charge in [0.15, 0.2) is 0 Å². The zero-order chi connectivity index (χ0) is 14.3. The Morgan fingerprint density at radius 3 is 2.00 bits per heavy atom. The molecule has 0 aromatic rings. The monoisotopic (exact) mass is 276 g/mol. The smallest absolute Gasteiger partial charge is 0.0799 e. The van der Waals surface area contributed by atoms with Gasteiger partial charge in [0.1, 0.15) is 0 Å². The summed E-state index contributed by atoms with van der Waals surface area (Å²) >= 11 is 0. The van der Waals surface area contributed by atoms with Gasteiger partial charge < -0.3 is 20.1 Å². The van der Waals surface area contributed by atoms with Crippen LogP contribution in [0.1, 0.15) is 64.7 Å². The lowest BCUT2D eigenvalue weighted by atomic mass is 10.1. The highest BCUT2D eigenvalue weighted by atomic mass is 16.5. The van der Waals surface area contributed by atoms with Crippen molar-refractivity contribution < 1.29 is 20.1 Å². The standard InChI is InChI=1S/C15H32O4/c1-2-3-4-5-6-7-8-9-10-19-13-15(18)11-14(17)12-16/h14-18H,2-13H2,1H3. The van der Waals surface area contributed by atoms with Crippen LogP contribution in [0.5, 0.6) is 0 Å². The molecule has 0 aliphatic heterocycles. The van der Waals surface area contributed by atoms with Crippen LogP contribution in [0.15, 0.2) is 0 Å². The van der Waals surface area contributed by atoms with E-state index in [0.717, 1.165) is 6.42 Å². The molecule has 0 radical (unpaired) electrons. The average Bonchev–Trinajstić information content (AvgIpc) is 2.40. The van der Waals surface area contributed by atoms with Crippen molar-refractivity contribution in [2.45, 2.75) is 76.9 Å². The fourth-order valence-corrected chi connectivity index (χ4v) is 2.01. The lowest BCUT2D eigenvalue weighted by Gasteiger charge is -2.13. The van der Waals surface area contributed by atoms with Gasteiger partial charge in [-0.1, -0.05) is 51.9 Å². The number of unbranched alkanes of at least 4 members (excludes halogenated alkanes) is 7. The van der Waals surface area contributed by atoms with Crippen LogP contribution in [-0.2, 0) is 4.74 Å². The molecule has 0 aliphatic carbocycles. The summed E-state index contributed by atoms with van der Waals surface area (Å²) in [6.45, 7) is 2.83. The minimum Gasteiger partial charge on any atom is -0.394 e. The van der Waals surface area contributed by atoms with Crippen LogP contribution >= 0.6 is 0 Å². The number of aliphatic hydroxyl groups is 3. The molecule has 116 valence electrons. The molecule has 3 N–H and O–H groups in total. The summed E-state index contributed by atoms with van der Waals surface area (Å²) in [6, 6.07) is 0. The van der Waals surface area contributed by atoms with E-state index >= 15 is 0 Å². The fraction of sp³-hybridized carbons (Fsp3) is 1.00. The molecule has 0 rings (SSSR count). The summed E-state index contributed by atoms with van der Waals surface area (Å²) in [5.74, 6) is 0. The maximum absolute atomic E-state index is 9.48. The summed E-state index contributed by atoms with van der Waals surface area (Å²) in [4.78, 5) is 0. The predicted molar refractivity (Wildman–Crippen MR) is 77.1 cm³/mol. The van der Waals surface area contributed by atoms with Gasteiger partial charge in [-0.25, -0.2) is 0 Å². The van der Waals surface area contributed by atoms with Gasteiger partial charge >= 0.3 is 0 Å². The molecule has 0 aromatic heterocycles. The van der Waals surface area contributed by atoms with E-state index in [1.54, 1.807) is 0 Å². The van der Waals surface area contributed by atoms with Crippen LogP contribution in [0.4, 0.5) is 0 Å². The Morgan fingerprint density at radius 1 is 0.842 bits per heavy atom. The second-order valence-corrected chi connectivity index (χ2v) is 5.28. The molecule has 19 heavy (non-hydrogen) atoms. The molecule has 2 unspecified atom stereocenters. The SMILES string of the molecule is CCCCCCCCCCOCC(O)CC(O)CO. The first-order chi connectivity index (χ1) is 9.20. The molecule has 0 fully saturated rings. The van der Waals surface area contributed by atoms with E-state index in [-0.39, 0.29) is 19.6 Å². The van der Waals surface area contributed by atoms with E-state index in [4.69, 9.17) is 14.9 Å². The van der Waals surface area contributed by atoms with Crippen LogP contribution in [-0.4, -0.2) is 47.3 Å². The number of rotatable bonds is 14. The van der Waals surface area contributed by atoms with Gasteiger partial charge in [0.2, 0.25) is 0 Å². The van der Waals surface area contributed by atoms with Crippen LogP contribution in [0.25, 0.3) is 0 Å². The van der Waals surface area contributed by atoms with Crippen molar-refractivity contribution in [2.75, 3.05) is 19.8 Å². The molecular formula is C15H32O4. The zero-order valence-corrected chi connectivity index (χ0v) is 12.4. The van der Waals surface area contributed by atoms with Crippen molar-refractivity contribution in [3.8, 4) is 0 Å². The minimum atomic E-state index is -0.846. The molecular weight excluding hydrogens is 244 g/mol. The molecule has 0 heterocycles. The largest absolute Gasteiger partial charge is 0.394 e.